The topological polar surface area (TPSA) is 38.0 Å². The number of allylic oxidation sites excluding steroid dienone is 5. The number of rotatable bonds is 6. The van der Waals surface area contributed by atoms with E-state index in [1.54, 1.807) is 0 Å². The zero-order valence-electron chi connectivity index (χ0n) is 14.5. The predicted octanol–water partition coefficient (Wildman–Crippen LogP) is 5.19. The van der Waals surface area contributed by atoms with E-state index in [2.05, 4.69) is 69.6 Å². The minimum Gasteiger partial charge on any atom is -0.399 e. The van der Waals surface area contributed by atoms with E-state index in [0.29, 0.717) is 17.7 Å². The maximum Gasteiger partial charge on any atom is 0.0448 e. The van der Waals surface area contributed by atoms with Gasteiger partial charge in [0.2, 0.25) is 0 Å². The lowest BCUT2D eigenvalue weighted by Crippen LogP contribution is -2.25. The Morgan fingerprint density at radius 2 is 2.13 bits per heavy atom. The van der Waals surface area contributed by atoms with Gasteiger partial charge in [-0.2, -0.15) is 0 Å². The largest absolute Gasteiger partial charge is 0.399 e. The van der Waals surface area contributed by atoms with Crippen molar-refractivity contribution in [2.24, 2.45) is 11.7 Å². The third-order valence-corrected chi connectivity index (χ3v) is 4.50. The van der Waals surface area contributed by atoms with E-state index in [0.717, 1.165) is 18.4 Å². The van der Waals surface area contributed by atoms with Gasteiger partial charge in [0.25, 0.3) is 0 Å². The van der Waals surface area contributed by atoms with Crippen LogP contribution in [0.4, 0.5) is 5.69 Å². The highest BCUT2D eigenvalue weighted by Gasteiger charge is 2.22. The minimum atomic E-state index is 0.400. The third-order valence-electron chi connectivity index (χ3n) is 4.50. The second-order valence-corrected chi connectivity index (χ2v) is 6.60. The zero-order chi connectivity index (χ0) is 17.0. The first-order valence-corrected chi connectivity index (χ1v) is 8.22. The van der Waals surface area contributed by atoms with Gasteiger partial charge in [0.1, 0.15) is 0 Å². The van der Waals surface area contributed by atoms with Crippen LogP contribution in [0.5, 0.6) is 0 Å². The lowest BCUT2D eigenvalue weighted by Gasteiger charge is -2.25. The van der Waals surface area contributed by atoms with Crippen molar-refractivity contribution in [2.75, 3.05) is 5.32 Å². The van der Waals surface area contributed by atoms with Crippen LogP contribution in [0.1, 0.15) is 37.8 Å². The summed E-state index contributed by atoms with van der Waals surface area (Å²) in [7, 11) is 0. The molecule has 23 heavy (non-hydrogen) atoms. The molecule has 0 saturated carbocycles. The van der Waals surface area contributed by atoms with Crippen LogP contribution >= 0.6 is 0 Å². The molecule has 0 aliphatic heterocycles. The highest BCUT2D eigenvalue weighted by atomic mass is 14.9. The van der Waals surface area contributed by atoms with Gasteiger partial charge in [0.05, 0.1) is 0 Å². The van der Waals surface area contributed by atoms with Crippen LogP contribution in [0.2, 0.25) is 0 Å². The summed E-state index contributed by atoms with van der Waals surface area (Å²) in [5, 5.41) is 3.73. The fraction of sp³-hybridized carbons (Fsp3) is 0.333. The summed E-state index contributed by atoms with van der Waals surface area (Å²) in [4.78, 5) is 0. The highest BCUT2D eigenvalue weighted by Crippen LogP contribution is 2.33. The Morgan fingerprint density at radius 1 is 1.39 bits per heavy atom. The Bertz CT molecular complexity index is 664. The van der Waals surface area contributed by atoms with E-state index in [9.17, 15) is 0 Å². The molecule has 0 spiro atoms. The minimum absolute atomic E-state index is 0.400. The first-order valence-electron chi connectivity index (χ1n) is 8.22. The Balaban J connectivity index is 2.06. The monoisotopic (exact) mass is 308 g/mol. The molecule has 2 heteroatoms. The van der Waals surface area contributed by atoms with Gasteiger partial charge in [0.15, 0.2) is 0 Å². The maximum atomic E-state index is 5.60. The second-order valence-electron chi connectivity index (χ2n) is 6.60. The Hall–Kier alpha value is -2.22. The summed E-state index contributed by atoms with van der Waals surface area (Å²) >= 11 is 0. The van der Waals surface area contributed by atoms with E-state index in [-0.39, 0.29) is 0 Å². The van der Waals surface area contributed by atoms with Crippen LogP contribution in [-0.2, 0) is 0 Å². The van der Waals surface area contributed by atoms with E-state index in [1.165, 1.54) is 22.4 Å². The van der Waals surface area contributed by atoms with E-state index >= 15 is 0 Å². The van der Waals surface area contributed by atoms with E-state index in [1.807, 2.05) is 6.08 Å². The number of para-hydroxylation sites is 1. The summed E-state index contributed by atoms with van der Waals surface area (Å²) in [6.45, 7) is 14.3. The number of benzene rings is 1. The van der Waals surface area contributed by atoms with Crippen molar-refractivity contribution in [3.8, 4) is 0 Å². The molecule has 1 aromatic carbocycles. The zero-order valence-corrected chi connectivity index (χ0v) is 14.5. The van der Waals surface area contributed by atoms with Crippen LogP contribution in [0.3, 0.4) is 0 Å². The summed E-state index contributed by atoms with van der Waals surface area (Å²) in [5.41, 5.74) is 12.3. The molecule has 0 amide bonds. The Morgan fingerprint density at radius 3 is 2.78 bits per heavy atom. The molecule has 3 N–H and O–H groups in total. The average Bonchev–Trinajstić information content (AvgIpc) is 2.96. The number of hydrogen-bond donors (Lipinski definition) is 2. The van der Waals surface area contributed by atoms with Gasteiger partial charge in [-0.25, -0.2) is 0 Å². The molecular formula is C21H28N2. The van der Waals surface area contributed by atoms with Gasteiger partial charge >= 0.3 is 0 Å². The number of nitrogens with one attached hydrogen (secondary N) is 1. The van der Waals surface area contributed by atoms with Crippen molar-refractivity contribution in [1.82, 2.24) is 0 Å². The quantitative estimate of drug-likeness (QED) is 0.709. The summed E-state index contributed by atoms with van der Waals surface area (Å²) in [5.74, 6) is 0.596. The summed E-state index contributed by atoms with van der Waals surface area (Å²) < 4.78 is 0. The van der Waals surface area contributed by atoms with Crippen LogP contribution < -0.4 is 11.1 Å². The normalized spacial score (nSPS) is 18.7. The fourth-order valence-electron chi connectivity index (χ4n) is 3.06. The molecule has 1 aliphatic carbocycles. The molecule has 0 aromatic heterocycles. The number of hydrogen-bond acceptors (Lipinski definition) is 2. The van der Waals surface area contributed by atoms with Crippen LogP contribution in [0.15, 0.2) is 60.9 Å². The smallest absolute Gasteiger partial charge is 0.0448 e. The molecule has 0 saturated heterocycles. The molecule has 0 heterocycles. The predicted molar refractivity (Wildman–Crippen MR) is 102 cm³/mol. The van der Waals surface area contributed by atoms with Crippen molar-refractivity contribution in [3.63, 3.8) is 0 Å². The maximum absolute atomic E-state index is 5.60. The summed E-state index contributed by atoms with van der Waals surface area (Å²) in [6, 6.07) is 6.78. The molecule has 1 aliphatic rings. The molecule has 122 valence electrons. The van der Waals surface area contributed by atoms with Crippen molar-refractivity contribution < 1.29 is 0 Å². The van der Waals surface area contributed by atoms with Gasteiger partial charge in [-0.1, -0.05) is 49.1 Å². The molecule has 0 fully saturated rings. The summed E-state index contributed by atoms with van der Waals surface area (Å²) in [6.07, 6.45) is 8.44. The van der Waals surface area contributed by atoms with Crippen molar-refractivity contribution in [1.29, 1.82) is 0 Å². The molecule has 1 aromatic rings. The number of aryl methyl sites for hydroxylation is 1. The fourth-order valence-corrected chi connectivity index (χ4v) is 3.06. The van der Waals surface area contributed by atoms with Gasteiger partial charge in [-0.3, -0.25) is 0 Å². The van der Waals surface area contributed by atoms with Crippen LogP contribution in [0.25, 0.3) is 5.57 Å². The first kappa shape index (κ1) is 17.1. The van der Waals surface area contributed by atoms with Crippen LogP contribution in [0, 0.1) is 12.8 Å². The van der Waals surface area contributed by atoms with Gasteiger partial charge in [-0.05, 0) is 56.7 Å². The van der Waals surface area contributed by atoms with E-state index in [4.69, 9.17) is 5.73 Å². The molecular weight excluding hydrogens is 280 g/mol. The highest BCUT2D eigenvalue weighted by molar-refractivity contribution is 5.76. The third kappa shape index (κ3) is 4.38. The number of nitrogens with two attached hydrogens (primary N) is 1. The SMILES string of the molecule is C=C(N)/C=C/C1=CCC(C(C)Nc2c(C)cccc2C(=C)C)C1. The second kappa shape index (κ2) is 7.36. The van der Waals surface area contributed by atoms with Gasteiger partial charge in [-0.15, -0.1) is 0 Å². The van der Waals surface area contributed by atoms with Crippen LogP contribution in [-0.4, -0.2) is 6.04 Å². The Kier molecular flexibility index (Phi) is 5.49. The molecule has 2 unspecified atom stereocenters. The lowest BCUT2D eigenvalue weighted by atomic mass is 9.95. The number of anilines is 1. The first-order chi connectivity index (χ1) is 10.9. The van der Waals surface area contributed by atoms with Crippen molar-refractivity contribution in [3.05, 3.63) is 72.0 Å². The average molecular weight is 308 g/mol. The van der Waals surface area contributed by atoms with Crippen molar-refractivity contribution in [2.45, 2.75) is 39.7 Å². The molecule has 2 nitrogen and oxygen atoms in total. The molecule has 2 atom stereocenters. The molecule has 2 rings (SSSR count). The van der Waals surface area contributed by atoms with Crippen molar-refractivity contribution >= 4 is 11.3 Å². The van der Waals surface area contributed by atoms with Gasteiger partial charge in [0, 0.05) is 23.0 Å². The Labute approximate surface area is 140 Å². The molecule has 0 radical (unpaired) electrons. The van der Waals surface area contributed by atoms with E-state index < -0.39 is 0 Å². The lowest BCUT2D eigenvalue weighted by molar-refractivity contribution is 0.494. The molecule has 0 bridgehead atoms. The van der Waals surface area contributed by atoms with Gasteiger partial charge < -0.3 is 11.1 Å². The standard InChI is InChI=1S/C21H28N2/c1-14(2)20-8-6-7-15(3)21(20)23-17(5)19-12-11-18(13-19)10-9-16(4)22/h6-11,17,19,23H,1,4,12-13,22H2,2-3,5H3/b10-9+.